The first-order valence-corrected chi connectivity index (χ1v) is 7.39. The van der Waals surface area contributed by atoms with Gasteiger partial charge in [-0.15, -0.1) is 0 Å². The van der Waals surface area contributed by atoms with Crippen molar-refractivity contribution < 1.29 is 9.47 Å². The number of methoxy groups -OCH3 is 1. The summed E-state index contributed by atoms with van der Waals surface area (Å²) < 4.78 is 12.2. The van der Waals surface area contributed by atoms with E-state index >= 15 is 0 Å². The van der Waals surface area contributed by atoms with Crippen LogP contribution < -0.4 is 16.0 Å². The molecule has 0 bridgehead atoms. The van der Waals surface area contributed by atoms with Crippen LogP contribution in [0.15, 0.2) is 41.2 Å². The van der Waals surface area contributed by atoms with Gasteiger partial charge in [-0.05, 0) is 55.3 Å². The number of pyridine rings is 1. The Kier molecular flexibility index (Phi) is 5.61. The molecule has 1 aromatic carbocycles. The third kappa shape index (κ3) is 3.68. The Labute approximate surface area is 130 Å². The summed E-state index contributed by atoms with van der Waals surface area (Å²) in [7, 11) is 1.65. The van der Waals surface area contributed by atoms with Gasteiger partial charge in [0.2, 0.25) is 0 Å². The average molecular weight is 302 g/mol. The van der Waals surface area contributed by atoms with Crippen LogP contribution in [0.1, 0.15) is 13.3 Å². The second-order valence-corrected chi connectivity index (χ2v) is 4.93. The SMILES string of the molecule is CCOc1ccc(-c2ccc(N)c(=O)n2CCCOC)cc1. The van der Waals surface area contributed by atoms with Crippen LogP contribution in [-0.4, -0.2) is 24.9 Å². The van der Waals surface area contributed by atoms with E-state index in [-0.39, 0.29) is 11.2 Å². The van der Waals surface area contributed by atoms with Crippen LogP contribution in [0.2, 0.25) is 0 Å². The van der Waals surface area contributed by atoms with E-state index in [0.29, 0.717) is 19.8 Å². The molecule has 1 heterocycles. The van der Waals surface area contributed by atoms with Gasteiger partial charge >= 0.3 is 0 Å². The molecule has 0 atom stereocenters. The summed E-state index contributed by atoms with van der Waals surface area (Å²) in [6, 6.07) is 11.2. The van der Waals surface area contributed by atoms with Gasteiger partial charge < -0.3 is 19.8 Å². The molecule has 1 aromatic heterocycles. The zero-order valence-corrected chi connectivity index (χ0v) is 13.0. The number of hydrogen-bond donors (Lipinski definition) is 1. The van der Waals surface area contributed by atoms with Gasteiger partial charge in [-0.1, -0.05) is 0 Å². The number of rotatable bonds is 7. The Morgan fingerprint density at radius 2 is 1.86 bits per heavy atom. The van der Waals surface area contributed by atoms with E-state index < -0.39 is 0 Å². The first-order chi connectivity index (χ1) is 10.7. The van der Waals surface area contributed by atoms with Gasteiger partial charge in [0.15, 0.2) is 0 Å². The van der Waals surface area contributed by atoms with E-state index in [1.165, 1.54) is 0 Å². The molecule has 118 valence electrons. The molecule has 0 radical (unpaired) electrons. The minimum Gasteiger partial charge on any atom is -0.494 e. The fourth-order valence-electron chi connectivity index (χ4n) is 2.32. The number of ether oxygens (including phenoxy) is 2. The predicted molar refractivity (Wildman–Crippen MR) is 88.2 cm³/mol. The average Bonchev–Trinajstić information content (AvgIpc) is 2.53. The Morgan fingerprint density at radius 1 is 1.14 bits per heavy atom. The standard InChI is InChI=1S/C17H22N2O3/c1-3-22-14-7-5-13(6-8-14)16-10-9-15(18)17(20)19(16)11-4-12-21-2/h5-10H,3-4,11-12,18H2,1-2H3. The van der Waals surface area contributed by atoms with Crippen molar-refractivity contribution in [2.75, 3.05) is 26.1 Å². The lowest BCUT2D eigenvalue weighted by atomic mass is 10.1. The summed E-state index contributed by atoms with van der Waals surface area (Å²) in [5.41, 5.74) is 7.65. The Balaban J connectivity index is 2.36. The summed E-state index contributed by atoms with van der Waals surface area (Å²) in [6.07, 6.45) is 0.754. The van der Waals surface area contributed by atoms with Gasteiger partial charge in [0.05, 0.1) is 18.0 Å². The van der Waals surface area contributed by atoms with E-state index in [1.807, 2.05) is 37.3 Å². The molecule has 0 fully saturated rings. The molecule has 2 N–H and O–H groups in total. The summed E-state index contributed by atoms with van der Waals surface area (Å²) >= 11 is 0. The molecule has 0 saturated carbocycles. The van der Waals surface area contributed by atoms with Crippen LogP contribution >= 0.6 is 0 Å². The second kappa shape index (κ2) is 7.66. The van der Waals surface area contributed by atoms with Crippen molar-refractivity contribution in [3.8, 4) is 17.0 Å². The van der Waals surface area contributed by atoms with Crippen molar-refractivity contribution in [1.82, 2.24) is 4.57 Å². The van der Waals surface area contributed by atoms with Crippen molar-refractivity contribution in [3.05, 3.63) is 46.8 Å². The highest BCUT2D eigenvalue weighted by Gasteiger charge is 2.09. The maximum absolute atomic E-state index is 12.3. The minimum atomic E-state index is -0.164. The quantitative estimate of drug-likeness (QED) is 0.798. The lowest BCUT2D eigenvalue weighted by Gasteiger charge is -2.14. The topological polar surface area (TPSA) is 66.5 Å². The van der Waals surface area contributed by atoms with Crippen LogP contribution in [0.4, 0.5) is 5.69 Å². The highest BCUT2D eigenvalue weighted by molar-refractivity contribution is 5.62. The summed E-state index contributed by atoms with van der Waals surface area (Å²) in [6.45, 7) is 3.74. The molecule has 2 aromatic rings. The number of hydrogen-bond acceptors (Lipinski definition) is 4. The maximum atomic E-state index is 12.3. The third-order valence-electron chi connectivity index (χ3n) is 3.39. The smallest absolute Gasteiger partial charge is 0.274 e. The lowest BCUT2D eigenvalue weighted by molar-refractivity contribution is 0.190. The second-order valence-electron chi connectivity index (χ2n) is 4.93. The monoisotopic (exact) mass is 302 g/mol. The Hall–Kier alpha value is -2.27. The van der Waals surface area contributed by atoms with E-state index in [0.717, 1.165) is 23.4 Å². The van der Waals surface area contributed by atoms with E-state index in [4.69, 9.17) is 15.2 Å². The normalized spacial score (nSPS) is 10.6. The van der Waals surface area contributed by atoms with Crippen LogP contribution in [0.3, 0.4) is 0 Å². The van der Waals surface area contributed by atoms with Crippen LogP contribution in [0.25, 0.3) is 11.3 Å². The van der Waals surface area contributed by atoms with Crippen LogP contribution in [-0.2, 0) is 11.3 Å². The van der Waals surface area contributed by atoms with Crippen LogP contribution in [0.5, 0.6) is 5.75 Å². The van der Waals surface area contributed by atoms with Gasteiger partial charge in [0.1, 0.15) is 5.75 Å². The molecule has 0 unspecified atom stereocenters. The molecule has 5 nitrogen and oxygen atoms in total. The summed E-state index contributed by atoms with van der Waals surface area (Å²) in [4.78, 5) is 12.3. The zero-order chi connectivity index (χ0) is 15.9. The molecule has 0 spiro atoms. The minimum absolute atomic E-state index is 0.164. The van der Waals surface area contributed by atoms with Gasteiger partial charge in [-0.2, -0.15) is 0 Å². The number of benzene rings is 1. The van der Waals surface area contributed by atoms with Crippen LogP contribution in [0, 0.1) is 0 Å². The summed E-state index contributed by atoms with van der Waals surface area (Å²) in [5, 5.41) is 0. The molecule has 22 heavy (non-hydrogen) atoms. The van der Waals surface area contributed by atoms with E-state index in [2.05, 4.69) is 0 Å². The fourth-order valence-corrected chi connectivity index (χ4v) is 2.32. The predicted octanol–water partition coefficient (Wildman–Crippen LogP) is 2.53. The maximum Gasteiger partial charge on any atom is 0.274 e. The number of nitrogens with zero attached hydrogens (tertiary/aromatic N) is 1. The van der Waals surface area contributed by atoms with Gasteiger partial charge in [0.25, 0.3) is 5.56 Å². The first kappa shape index (κ1) is 16.1. The van der Waals surface area contributed by atoms with E-state index in [9.17, 15) is 4.79 Å². The van der Waals surface area contributed by atoms with Crippen molar-refractivity contribution in [2.45, 2.75) is 19.9 Å². The number of aromatic nitrogens is 1. The third-order valence-corrected chi connectivity index (χ3v) is 3.39. The zero-order valence-electron chi connectivity index (χ0n) is 13.0. The first-order valence-electron chi connectivity index (χ1n) is 7.39. The van der Waals surface area contributed by atoms with Crippen molar-refractivity contribution in [2.24, 2.45) is 0 Å². The number of nitrogen functional groups attached to an aromatic ring is 1. The molecule has 0 amide bonds. The van der Waals surface area contributed by atoms with Gasteiger partial charge in [-0.25, -0.2) is 0 Å². The highest BCUT2D eigenvalue weighted by Crippen LogP contribution is 2.22. The van der Waals surface area contributed by atoms with E-state index in [1.54, 1.807) is 17.7 Å². The molecule has 0 saturated heterocycles. The molecule has 0 aliphatic heterocycles. The molecule has 5 heteroatoms. The Bertz CT molecular complexity index is 663. The van der Waals surface area contributed by atoms with Crippen molar-refractivity contribution >= 4 is 5.69 Å². The van der Waals surface area contributed by atoms with Gasteiger partial charge in [-0.3, -0.25) is 4.79 Å². The largest absolute Gasteiger partial charge is 0.494 e. The molecule has 0 aliphatic carbocycles. The molecule has 0 aliphatic rings. The Morgan fingerprint density at radius 3 is 2.50 bits per heavy atom. The van der Waals surface area contributed by atoms with Crippen molar-refractivity contribution in [3.63, 3.8) is 0 Å². The number of nitrogens with two attached hydrogens (primary N) is 1. The van der Waals surface area contributed by atoms with Crippen molar-refractivity contribution in [1.29, 1.82) is 0 Å². The highest BCUT2D eigenvalue weighted by atomic mass is 16.5. The number of anilines is 1. The molecular weight excluding hydrogens is 280 g/mol. The lowest BCUT2D eigenvalue weighted by Crippen LogP contribution is -2.24. The molecule has 2 rings (SSSR count). The fraction of sp³-hybridized carbons (Fsp3) is 0.353. The summed E-state index contributed by atoms with van der Waals surface area (Å²) in [5.74, 6) is 0.815. The molecular formula is C17H22N2O3. The van der Waals surface area contributed by atoms with Gasteiger partial charge in [0, 0.05) is 20.3 Å².